The minimum Gasteiger partial charge on any atom is -0.446 e. The summed E-state index contributed by atoms with van der Waals surface area (Å²) in [5, 5.41) is 0. The van der Waals surface area contributed by atoms with Gasteiger partial charge >= 0.3 is 6.09 Å². The first-order valence-corrected chi connectivity index (χ1v) is 18.2. The Morgan fingerprint density at radius 2 is 1.65 bits per heavy atom. The normalized spacial score (nSPS) is 26.4. The SMILES string of the molecule is CN1Cc2ccccc2C(C2CCN(CC3CN(c4ccc(S(=O)(=O)c5ccncc5)cc4)C3)CC2)([C@H]2CCC[C@@H]2OC(N)=O)C1. The van der Waals surface area contributed by atoms with Crippen LogP contribution in [0, 0.1) is 17.8 Å². The third-order valence-corrected chi connectivity index (χ3v) is 12.9. The first-order chi connectivity index (χ1) is 22.2. The number of nitrogens with zero attached hydrogens (tertiary/aromatic N) is 4. The minimum absolute atomic E-state index is 0.0589. The van der Waals surface area contributed by atoms with Crippen molar-refractivity contribution in [2.45, 2.75) is 60.0 Å². The molecule has 1 aromatic heterocycles. The summed E-state index contributed by atoms with van der Waals surface area (Å²) in [7, 11) is -1.32. The van der Waals surface area contributed by atoms with Gasteiger partial charge in [-0.2, -0.15) is 0 Å². The highest BCUT2D eigenvalue weighted by atomic mass is 32.2. The topological polar surface area (TPSA) is 109 Å². The molecule has 4 aliphatic rings. The zero-order valence-corrected chi connectivity index (χ0v) is 27.4. The lowest BCUT2D eigenvalue weighted by atomic mass is 9.56. The molecule has 10 heteroatoms. The number of amides is 1. The number of aromatic nitrogens is 1. The highest BCUT2D eigenvalue weighted by Crippen LogP contribution is 2.54. The molecule has 244 valence electrons. The lowest BCUT2D eigenvalue weighted by molar-refractivity contribution is -0.00897. The van der Waals surface area contributed by atoms with Crippen molar-refractivity contribution in [3.05, 3.63) is 84.2 Å². The van der Waals surface area contributed by atoms with E-state index in [0.29, 0.717) is 16.7 Å². The summed E-state index contributed by atoms with van der Waals surface area (Å²) in [5.74, 6) is 1.37. The maximum atomic E-state index is 13.0. The van der Waals surface area contributed by atoms with Crippen molar-refractivity contribution in [2.24, 2.45) is 23.5 Å². The van der Waals surface area contributed by atoms with E-state index in [9.17, 15) is 13.2 Å². The van der Waals surface area contributed by atoms with Gasteiger partial charge in [0.15, 0.2) is 0 Å². The molecule has 2 N–H and O–H groups in total. The van der Waals surface area contributed by atoms with Gasteiger partial charge in [-0.1, -0.05) is 24.3 Å². The van der Waals surface area contributed by atoms with Crippen LogP contribution in [0.1, 0.15) is 43.2 Å². The number of likely N-dealkylation sites (tertiary alicyclic amines) is 1. The van der Waals surface area contributed by atoms with E-state index < -0.39 is 15.9 Å². The van der Waals surface area contributed by atoms with Crippen molar-refractivity contribution in [2.75, 3.05) is 51.2 Å². The van der Waals surface area contributed by atoms with Crippen LogP contribution in [0.4, 0.5) is 10.5 Å². The Labute approximate surface area is 272 Å². The van der Waals surface area contributed by atoms with E-state index in [0.717, 1.165) is 83.6 Å². The molecule has 0 radical (unpaired) electrons. The molecule has 1 amide bonds. The van der Waals surface area contributed by atoms with Gasteiger partial charge in [-0.05, 0) is 106 Å². The second-order valence-corrected chi connectivity index (χ2v) is 15.9. The molecular formula is C36H45N5O4S. The summed E-state index contributed by atoms with van der Waals surface area (Å²) in [6, 6.07) is 19.3. The van der Waals surface area contributed by atoms with Crippen LogP contribution >= 0.6 is 0 Å². The number of anilines is 1. The van der Waals surface area contributed by atoms with Gasteiger partial charge < -0.3 is 25.2 Å². The fraction of sp³-hybridized carbons (Fsp3) is 0.500. The van der Waals surface area contributed by atoms with Crippen molar-refractivity contribution < 1.29 is 17.9 Å². The number of piperidine rings is 1. The molecule has 3 atom stereocenters. The molecule has 1 unspecified atom stereocenters. The van der Waals surface area contributed by atoms with Gasteiger partial charge in [0.25, 0.3) is 0 Å². The van der Waals surface area contributed by atoms with Crippen molar-refractivity contribution >= 4 is 21.6 Å². The summed E-state index contributed by atoms with van der Waals surface area (Å²) in [6.45, 7) is 7.12. The Morgan fingerprint density at radius 3 is 2.37 bits per heavy atom. The summed E-state index contributed by atoms with van der Waals surface area (Å²) < 4.78 is 31.7. The molecular weight excluding hydrogens is 598 g/mol. The Bertz CT molecular complexity index is 1640. The molecule has 0 spiro atoms. The van der Waals surface area contributed by atoms with E-state index >= 15 is 0 Å². The fourth-order valence-corrected chi connectivity index (χ4v) is 10.4. The molecule has 0 bridgehead atoms. The van der Waals surface area contributed by atoms with E-state index in [4.69, 9.17) is 10.5 Å². The Balaban J connectivity index is 0.994. The molecule has 3 aromatic rings. The van der Waals surface area contributed by atoms with Crippen LogP contribution in [0.5, 0.6) is 0 Å². The number of primary amides is 1. The van der Waals surface area contributed by atoms with Crippen LogP contribution in [0.25, 0.3) is 0 Å². The minimum atomic E-state index is -3.55. The van der Waals surface area contributed by atoms with Gasteiger partial charge in [0.05, 0.1) is 9.79 Å². The average molecular weight is 644 g/mol. The van der Waals surface area contributed by atoms with Gasteiger partial charge in [0.1, 0.15) is 6.10 Å². The number of fused-ring (bicyclic) bond motifs is 1. The zero-order chi connectivity index (χ0) is 31.9. The number of pyridine rings is 1. The van der Waals surface area contributed by atoms with Crippen molar-refractivity contribution in [3.8, 4) is 0 Å². The van der Waals surface area contributed by atoms with Crippen LogP contribution in [0.2, 0.25) is 0 Å². The number of benzene rings is 2. The highest BCUT2D eigenvalue weighted by molar-refractivity contribution is 7.91. The van der Waals surface area contributed by atoms with Crippen LogP contribution in [-0.2, 0) is 26.5 Å². The number of sulfone groups is 1. The maximum Gasteiger partial charge on any atom is 0.404 e. The Morgan fingerprint density at radius 1 is 0.957 bits per heavy atom. The molecule has 2 saturated heterocycles. The largest absolute Gasteiger partial charge is 0.446 e. The first kappa shape index (κ1) is 31.1. The number of rotatable bonds is 8. The van der Waals surface area contributed by atoms with Crippen molar-refractivity contribution in [1.29, 1.82) is 0 Å². The van der Waals surface area contributed by atoms with Crippen LogP contribution < -0.4 is 10.6 Å². The Hall–Kier alpha value is -3.47. The van der Waals surface area contributed by atoms with Gasteiger partial charge in [0.2, 0.25) is 9.84 Å². The molecule has 7 rings (SSSR count). The second kappa shape index (κ2) is 12.6. The summed E-state index contributed by atoms with van der Waals surface area (Å²) in [4.78, 5) is 23.9. The van der Waals surface area contributed by atoms with E-state index in [-0.39, 0.29) is 22.3 Å². The van der Waals surface area contributed by atoms with Crippen molar-refractivity contribution in [3.63, 3.8) is 0 Å². The van der Waals surface area contributed by atoms with Gasteiger partial charge in [-0.25, -0.2) is 13.2 Å². The fourth-order valence-electron chi connectivity index (χ4n) is 9.15. The van der Waals surface area contributed by atoms with Crippen LogP contribution in [0.3, 0.4) is 0 Å². The van der Waals surface area contributed by atoms with Gasteiger partial charge in [-0.3, -0.25) is 4.98 Å². The quantitative estimate of drug-likeness (QED) is 0.376. The van der Waals surface area contributed by atoms with Crippen LogP contribution in [-0.4, -0.2) is 81.7 Å². The standard InChI is InChI=1S/C36H45N5O4S/c1-39-24-27-5-2-3-6-32(27)36(25-39,33-7-4-8-34(33)45-35(37)42)28-15-19-40(20-16-28)21-26-22-41(23-26)29-9-11-30(12-10-29)46(43,44)31-13-17-38-18-14-31/h2-3,5-6,9-14,17-18,26,28,33-34H,4,7-8,15-16,19-25H2,1H3,(H2,37,42)/t33-,34-,36?/m0/s1. The predicted octanol–water partition coefficient (Wildman–Crippen LogP) is 4.71. The maximum absolute atomic E-state index is 13.0. The number of carbonyl (C=O) groups excluding carboxylic acids is 1. The molecule has 2 aromatic carbocycles. The van der Waals surface area contributed by atoms with E-state index in [1.807, 2.05) is 12.1 Å². The smallest absolute Gasteiger partial charge is 0.404 e. The third-order valence-electron chi connectivity index (χ3n) is 11.1. The monoisotopic (exact) mass is 643 g/mol. The molecule has 4 heterocycles. The molecule has 1 aliphatic carbocycles. The van der Waals surface area contributed by atoms with Gasteiger partial charge in [0, 0.05) is 68.1 Å². The summed E-state index contributed by atoms with van der Waals surface area (Å²) >= 11 is 0. The van der Waals surface area contributed by atoms with Crippen molar-refractivity contribution in [1.82, 2.24) is 14.8 Å². The third kappa shape index (κ3) is 5.80. The summed E-state index contributed by atoms with van der Waals surface area (Å²) in [6.07, 6.45) is 7.51. The van der Waals surface area contributed by atoms with Gasteiger partial charge in [-0.15, -0.1) is 0 Å². The molecule has 3 aliphatic heterocycles. The number of carbonyl (C=O) groups is 1. The molecule has 1 saturated carbocycles. The first-order valence-electron chi connectivity index (χ1n) is 16.7. The lowest BCUT2D eigenvalue weighted by Gasteiger charge is -2.54. The number of likely N-dealkylation sites (N-methyl/N-ethyl adjacent to an activating group) is 1. The van der Waals surface area contributed by atoms with E-state index in [2.05, 4.69) is 51.0 Å². The number of ether oxygens (including phenoxy) is 1. The number of hydrogen-bond donors (Lipinski definition) is 1. The second-order valence-electron chi connectivity index (χ2n) is 13.9. The zero-order valence-electron chi connectivity index (χ0n) is 26.6. The summed E-state index contributed by atoms with van der Waals surface area (Å²) in [5.41, 5.74) is 9.45. The Kier molecular flexibility index (Phi) is 8.54. The number of hydrogen-bond acceptors (Lipinski definition) is 8. The average Bonchev–Trinajstić information content (AvgIpc) is 3.51. The van der Waals surface area contributed by atoms with Crippen LogP contribution in [0.15, 0.2) is 82.8 Å². The molecule has 3 fully saturated rings. The van der Waals surface area contributed by atoms with E-state index in [1.54, 1.807) is 12.1 Å². The molecule has 9 nitrogen and oxygen atoms in total. The van der Waals surface area contributed by atoms with E-state index in [1.165, 1.54) is 35.7 Å². The lowest BCUT2D eigenvalue weighted by Crippen LogP contribution is -2.58. The highest BCUT2D eigenvalue weighted by Gasteiger charge is 2.55. The number of nitrogens with two attached hydrogens (primary N) is 1. The molecule has 46 heavy (non-hydrogen) atoms. The predicted molar refractivity (Wildman–Crippen MR) is 177 cm³/mol.